The average Bonchev–Trinajstić information content (AvgIpc) is 2.08. The van der Waals surface area contributed by atoms with E-state index in [1.165, 1.54) is 0 Å². The zero-order valence-electron chi connectivity index (χ0n) is 6.28. The van der Waals surface area contributed by atoms with Gasteiger partial charge in [-0.15, -0.1) is 0 Å². The number of hydrogen-bond donors (Lipinski definition) is 4. The molecule has 1 fully saturated rings. The third-order valence-corrected chi connectivity index (χ3v) is 2.36. The molecule has 1 saturated heterocycles. The topological polar surface area (TPSA) is 58.2 Å². The lowest BCUT2D eigenvalue weighted by Crippen LogP contribution is -2.62. The van der Waals surface area contributed by atoms with Crippen LogP contribution in [0.4, 0.5) is 0 Å². The van der Waals surface area contributed by atoms with Gasteiger partial charge in [-0.1, -0.05) is 0 Å². The van der Waals surface area contributed by atoms with Gasteiger partial charge in [-0.05, 0) is 0 Å². The van der Waals surface area contributed by atoms with E-state index >= 15 is 0 Å². The number of rotatable bonds is 2. The summed E-state index contributed by atoms with van der Waals surface area (Å²) in [7, 11) is 0. The highest BCUT2D eigenvalue weighted by Gasteiger charge is 2.31. The molecule has 0 bridgehead atoms. The molecule has 12 heavy (non-hydrogen) atoms. The number of carbonyl (C=O) groups is 2. The zero-order valence-corrected chi connectivity index (χ0v) is 8.07. The molecule has 1 heterocycles. The van der Waals surface area contributed by atoms with Crippen LogP contribution < -0.4 is 10.6 Å². The predicted molar refractivity (Wildman–Crippen MR) is 51.6 cm³/mol. The Morgan fingerprint density at radius 2 is 1.33 bits per heavy atom. The normalized spacial score (nSPS) is 29.5. The Morgan fingerprint density at radius 1 is 1.00 bits per heavy atom. The van der Waals surface area contributed by atoms with Gasteiger partial charge in [0.1, 0.15) is 12.1 Å². The van der Waals surface area contributed by atoms with Gasteiger partial charge in [-0.2, -0.15) is 25.3 Å². The maximum Gasteiger partial charge on any atom is 0.244 e. The van der Waals surface area contributed by atoms with Crippen LogP contribution in [0, 0.1) is 0 Å². The van der Waals surface area contributed by atoms with Gasteiger partial charge in [0.05, 0.1) is 0 Å². The summed E-state index contributed by atoms with van der Waals surface area (Å²) < 4.78 is 0. The molecule has 1 rings (SSSR count). The minimum Gasteiger partial charge on any atom is -0.342 e. The first-order valence-corrected chi connectivity index (χ1v) is 4.78. The SMILES string of the molecule is O=C1NC(CS)C(=O)NC1CS. The van der Waals surface area contributed by atoms with Crippen molar-refractivity contribution in [3.05, 3.63) is 0 Å². The summed E-state index contributed by atoms with van der Waals surface area (Å²) in [6.45, 7) is 0. The molecular weight excluding hydrogens is 196 g/mol. The van der Waals surface area contributed by atoms with E-state index in [1.807, 2.05) is 0 Å². The molecule has 2 unspecified atom stereocenters. The van der Waals surface area contributed by atoms with Crippen LogP contribution in [0.3, 0.4) is 0 Å². The van der Waals surface area contributed by atoms with Crippen molar-refractivity contribution in [1.82, 2.24) is 10.6 Å². The van der Waals surface area contributed by atoms with Crippen molar-refractivity contribution in [3.8, 4) is 0 Å². The molecule has 2 N–H and O–H groups in total. The molecule has 6 heteroatoms. The molecule has 0 spiro atoms. The molecular formula is C6H10N2O2S2. The summed E-state index contributed by atoms with van der Waals surface area (Å²) in [5.74, 6) is 0.251. The van der Waals surface area contributed by atoms with Crippen molar-refractivity contribution in [1.29, 1.82) is 0 Å². The molecule has 2 atom stereocenters. The number of carbonyl (C=O) groups excluding carboxylic acids is 2. The van der Waals surface area contributed by atoms with Crippen molar-refractivity contribution in [3.63, 3.8) is 0 Å². The van der Waals surface area contributed by atoms with Crippen LogP contribution in [0.2, 0.25) is 0 Å². The molecule has 0 saturated carbocycles. The number of hydrogen-bond acceptors (Lipinski definition) is 4. The van der Waals surface area contributed by atoms with Gasteiger partial charge in [0.15, 0.2) is 0 Å². The molecule has 1 aliphatic rings. The van der Waals surface area contributed by atoms with E-state index in [2.05, 4.69) is 35.9 Å². The highest BCUT2D eigenvalue weighted by Crippen LogP contribution is 2.00. The van der Waals surface area contributed by atoms with Crippen molar-refractivity contribution in [2.75, 3.05) is 11.5 Å². The van der Waals surface area contributed by atoms with E-state index in [-0.39, 0.29) is 11.8 Å². The van der Waals surface area contributed by atoms with Crippen molar-refractivity contribution < 1.29 is 9.59 Å². The Kier molecular flexibility index (Phi) is 3.28. The molecule has 0 aromatic rings. The minimum absolute atomic E-state index is 0.191. The summed E-state index contributed by atoms with van der Waals surface area (Å²) in [6, 6.07) is -1.01. The number of nitrogens with one attached hydrogen (secondary N) is 2. The minimum atomic E-state index is -0.503. The van der Waals surface area contributed by atoms with E-state index in [0.29, 0.717) is 11.5 Å². The van der Waals surface area contributed by atoms with Gasteiger partial charge in [-0.3, -0.25) is 9.59 Å². The van der Waals surface area contributed by atoms with Crippen LogP contribution in [0.5, 0.6) is 0 Å². The van der Waals surface area contributed by atoms with E-state index in [1.54, 1.807) is 0 Å². The number of amides is 2. The molecule has 0 radical (unpaired) electrons. The third kappa shape index (κ3) is 1.87. The maximum absolute atomic E-state index is 11.1. The van der Waals surface area contributed by atoms with E-state index in [9.17, 15) is 9.59 Å². The zero-order chi connectivity index (χ0) is 9.14. The standard InChI is InChI=1S/C6H10N2O2S2/c9-5-3(1-11)7-6(10)4(2-12)8-5/h3-4,11-12H,1-2H2,(H,7,10)(H,8,9). The Morgan fingerprint density at radius 3 is 1.58 bits per heavy atom. The van der Waals surface area contributed by atoms with Crippen LogP contribution >= 0.6 is 25.3 Å². The highest BCUT2D eigenvalue weighted by molar-refractivity contribution is 7.80. The molecule has 2 amide bonds. The monoisotopic (exact) mass is 206 g/mol. The second-order valence-electron chi connectivity index (χ2n) is 2.49. The summed E-state index contributed by atoms with van der Waals surface area (Å²) in [5, 5.41) is 5.08. The van der Waals surface area contributed by atoms with Crippen LogP contribution in [0.15, 0.2) is 0 Å². The van der Waals surface area contributed by atoms with Gasteiger partial charge in [0.25, 0.3) is 0 Å². The van der Waals surface area contributed by atoms with Gasteiger partial charge in [0.2, 0.25) is 11.8 Å². The van der Waals surface area contributed by atoms with Crippen molar-refractivity contribution >= 4 is 37.1 Å². The fraction of sp³-hybridized carbons (Fsp3) is 0.667. The average molecular weight is 206 g/mol. The predicted octanol–water partition coefficient (Wildman–Crippen LogP) is -1.17. The lowest BCUT2D eigenvalue weighted by Gasteiger charge is -2.27. The maximum atomic E-state index is 11.1. The lowest BCUT2D eigenvalue weighted by molar-refractivity contribution is -0.135. The van der Waals surface area contributed by atoms with Crippen LogP contribution in [-0.2, 0) is 9.59 Å². The van der Waals surface area contributed by atoms with Crippen LogP contribution in [-0.4, -0.2) is 35.4 Å². The van der Waals surface area contributed by atoms with Gasteiger partial charge in [-0.25, -0.2) is 0 Å². The Labute approximate surface area is 81.3 Å². The number of piperazine rings is 1. The highest BCUT2D eigenvalue weighted by atomic mass is 32.1. The van der Waals surface area contributed by atoms with Gasteiger partial charge >= 0.3 is 0 Å². The van der Waals surface area contributed by atoms with Crippen LogP contribution in [0.25, 0.3) is 0 Å². The fourth-order valence-electron chi connectivity index (χ4n) is 0.933. The Hall–Kier alpha value is -0.360. The van der Waals surface area contributed by atoms with Gasteiger partial charge in [0, 0.05) is 11.5 Å². The molecule has 68 valence electrons. The van der Waals surface area contributed by atoms with Crippen LogP contribution in [0.1, 0.15) is 0 Å². The molecule has 0 aliphatic carbocycles. The third-order valence-electron chi connectivity index (χ3n) is 1.63. The lowest BCUT2D eigenvalue weighted by atomic mass is 10.2. The van der Waals surface area contributed by atoms with Crippen molar-refractivity contribution in [2.45, 2.75) is 12.1 Å². The Bertz CT molecular complexity index is 188. The van der Waals surface area contributed by atoms with E-state index < -0.39 is 12.1 Å². The first kappa shape index (κ1) is 9.73. The van der Waals surface area contributed by atoms with E-state index in [0.717, 1.165) is 0 Å². The molecule has 0 aromatic carbocycles. The smallest absolute Gasteiger partial charge is 0.244 e. The molecule has 4 nitrogen and oxygen atoms in total. The second-order valence-corrected chi connectivity index (χ2v) is 3.22. The first-order chi connectivity index (χ1) is 5.69. The summed E-state index contributed by atoms with van der Waals surface area (Å²) in [6.07, 6.45) is 0. The largest absolute Gasteiger partial charge is 0.342 e. The van der Waals surface area contributed by atoms with Crippen molar-refractivity contribution in [2.24, 2.45) is 0 Å². The summed E-state index contributed by atoms with van der Waals surface area (Å²) in [4.78, 5) is 22.3. The summed E-state index contributed by atoms with van der Waals surface area (Å²) >= 11 is 7.86. The van der Waals surface area contributed by atoms with E-state index in [4.69, 9.17) is 0 Å². The second kappa shape index (κ2) is 4.04. The summed E-state index contributed by atoms with van der Waals surface area (Å²) in [5.41, 5.74) is 0. The molecule has 0 aromatic heterocycles. The molecule has 1 aliphatic heterocycles. The van der Waals surface area contributed by atoms with Gasteiger partial charge < -0.3 is 10.6 Å². The fourth-order valence-corrected chi connectivity index (χ4v) is 1.45. The first-order valence-electron chi connectivity index (χ1n) is 3.51. The quantitative estimate of drug-likeness (QED) is 0.430. The Balaban J connectivity index is 2.61. The number of thiol groups is 2.